The van der Waals surface area contributed by atoms with E-state index in [0.29, 0.717) is 18.7 Å². The number of carbonyl (C=O) groups is 2. The molecule has 1 amide bonds. The van der Waals surface area contributed by atoms with Gasteiger partial charge in [-0.25, -0.2) is 0 Å². The maximum absolute atomic E-state index is 11.5. The summed E-state index contributed by atoms with van der Waals surface area (Å²) in [5.74, 6) is -0.481. The Kier molecular flexibility index (Phi) is 7.04. The summed E-state index contributed by atoms with van der Waals surface area (Å²) >= 11 is 0. The maximum atomic E-state index is 11.5. The highest BCUT2D eigenvalue weighted by molar-refractivity contribution is 5.84. The molecule has 0 aromatic rings. The third-order valence-corrected chi connectivity index (χ3v) is 3.76. The second-order valence-electron chi connectivity index (χ2n) is 5.37. The van der Waals surface area contributed by atoms with Gasteiger partial charge in [0.1, 0.15) is 5.76 Å². The molecule has 22 heavy (non-hydrogen) atoms. The zero-order valence-corrected chi connectivity index (χ0v) is 13.3. The predicted molar refractivity (Wildman–Crippen MR) is 82.1 cm³/mol. The largest absolute Gasteiger partial charge is 0.434 e. The lowest BCUT2D eigenvalue weighted by molar-refractivity contribution is -0.128. The van der Waals surface area contributed by atoms with E-state index in [2.05, 4.69) is 5.32 Å². The zero-order chi connectivity index (χ0) is 16.7. The van der Waals surface area contributed by atoms with Gasteiger partial charge >= 0.3 is 0 Å². The van der Waals surface area contributed by atoms with E-state index in [0.717, 1.165) is 12.8 Å². The van der Waals surface area contributed by atoms with Crippen molar-refractivity contribution in [1.82, 2.24) is 5.32 Å². The standard InChI is InChI=1S/C15H25N3O4/c1-4-10(5-2)22-13-7-11(21-8-19)6-12(15(16)17)14(13)18-9(3)20/h6,8,10,12-14H,4-5,7H2,1-3H3,(H3,16,17)(H,18,20)/t12-,13+,14+/m0/s1. The number of rotatable bonds is 8. The smallest absolute Gasteiger partial charge is 0.298 e. The highest BCUT2D eigenvalue weighted by Gasteiger charge is 2.38. The molecule has 0 aromatic heterocycles. The highest BCUT2D eigenvalue weighted by Crippen LogP contribution is 2.28. The van der Waals surface area contributed by atoms with Crippen LogP contribution in [-0.2, 0) is 19.1 Å². The third kappa shape index (κ3) is 4.84. The Labute approximate surface area is 130 Å². The van der Waals surface area contributed by atoms with Gasteiger partial charge in [-0.05, 0) is 18.9 Å². The number of hydrogen-bond acceptors (Lipinski definition) is 5. The van der Waals surface area contributed by atoms with E-state index in [-0.39, 0.29) is 17.8 Å². The van der Waals surface area contributed by atoms with Crippen LogP contribution in [0.5, 0.6) is 0 Å². The molecule has 7 heteroatoms. The van der Waals surface area contributed by atoms with Crippen LogP contribution in [0.2, 0.25) is 0 Å². The van der Waals surface area contributed by atoms with Crippen LogP contribution in [0.3, 0.4) is 0 Å². The third-order valence-electron chi connectivity index (χ3n) is 3.76. The molecular weight excluding hydrogens is 286 g/mol. The van der Waals surface area contributed by atoms with Crippen LogP contribution in [0.15, 0.2) is 11.8 Å². The van der Waals surface area contributed by atoms with Crippen molar-refractivity contribution in [3.63, 3.8) is 0 Å². The van der Waals surface area contributed by atoms with Crippen molar-refractivity contribution in [2.45, 2.75) is 58.3 Å². The molecule has 1 rings (SSSR count). The van der Waals surface area contributed by atoms with Crippen LogP contribution in [0.25, 0.3) is 0 Å². The predicted octanol–water partition coefficient (Wildman–Crippen LogP) is 1.08. The molecular formula is C15H25N3O4. The monoisotopic (exact) mass is 311 g/mol. The summed E-state index contributed by atoms with van der Waals surface area (Å²) in [6, 6.07) is -0.449. The minimum atomic E-state index is -0.563. The molecule has 7 nitrogen and oxygen atoms in total. The summed E-state index contributed by atoms with van der Waals surface area (Å²) in [5.41, 5.74) is 5.64. The number of ether oxygens (including phenoxy) is 2. The van der Waals surface area contributed by atoms with E-state index in [9.17, 15) is 9.59 Å². The highest BCUT2D eigenvalue weighted by atomic mass is 16.5. The molecule has 0 bridgehead atoms. The number of nitrogens with two attached hydrogens (primary N) is 1. The van der Waals surface area contributed by atoms with Gasteiger partial charge in [0.2, 0.25) is 5.91 Å². The van der Waals surface area contributed by atoms with E-state index >= 15 is 0 Å². The quantitative estimate of drug-likeness (QED) is 0.352. The average molecular weight is 311 g/mol. The molecule has 0 spiro atoms. The maximum Gasteiger partial charge on any atom is 0.298 e. The number of nitrogens with one attached hydrogen (secondary N) is 2. The molecule has 0 heterocycles. The molecule has 0 aliphatic heterocycles. The Hall–Kier alpha value is -1.89. The van der Waals surface area contributed by atoms with Gasteiger partial charge in [-0.15, -0.1) is 0 Å². The molecule has 1 aliphatic rings. The lowest BCUT2D eigenvalue weighted by Crippen LogP contribution is -2.54. The number of amides is 1. The topological polar surface area (TPSA) is 114 Å². The van der Waals surface area contributed by atoms with Gasteiger partial charge in [0.05, 0.1) is 30.0 Å². The van der Waals surface area contributed by atoms with Gasteiger partial charge in [-0.1, -0.05) is 13.8 Å². The van der Waals surface area contributed by atoms with Crippen molar-refractivity contribution in [3.8, 4) is 0 Å². The average Bonchev–Trinajstić information content (AvgIpc) is 2.46. The van der Waals surface area contributed by atoms with Crippen molar-refractivity contribution in [2.24, 2.45) is 11.7 Å². The van der Waals surface area contributed by atoms with Gasteiger partial charge in [-0.2, -0.15) is 0 Å². The first-order chi connectivity index (χ1) is 10.4. The van der Waals surface area contributed by atoms with Gasteiger partial charge in [0.25, 0.3) is 6.47 Å². The van der Waals surface area contributed by atoms with E-state index in [4.69, 9.17) is 20.6 Å². The summed E-state index contributed by atoms with van der Waals surface area (Å²) in [4.78, 5) is 22.1. The zero-order valence-electron chi connectivity index (χ0n) is 13.3. The van der Waals surface area contributed by atoms with Crippen LogP contribution >= 0.6 is 0 Å². The van der Waals surface area contributed by atoms with Gasteiger partial charge in [-0.3, -0.25) is 15.0 Å². The van der Waals surface area contributed by atoms with Crippen LogP contribution in [-0.4, -0.2) is 36.5 Å². The van der Waals surface area contributed by atoms with Crippen LogP contribution in [0.1, 0.15) is 40.0 Å². The molecule has 0 fully saturated rings. The van der Waals surface area contributed by atoms with Crippen molar-refractivity contribution in [3.05, 3.63) is 11.8 Å². The van der Waals surface area contributed by atoms with Crippen LogP contribution < -0.4 is 11.1 Å². The molecule has 124 valence electrons. The van der Waals surface area contributed by atoms with E-state index < -0.39 is 18.1 Å². The Morgan fingerprint density at radius 3 is 2.64 bits per heavy atom. The normalized spacial score (nSPS) is 24.5. The Morgan fingerprint density at radius 1 is 1.55 bits per heavy atom. The Balaban J connectivity index is 3.06. The molecule has 4 N–H and O–H groups in total. The van der Waals surface area contributed by atoms with Crippen molar-refractivity contribution >= 4 is 18.2 Å². The first-order valence-corrected chi connectivity index (χ1v) is 7.50. The molecule has 3 atom stereocenters. The van der Waals surface area contributed by atoms with Gasteiger partial charge < -0.3 is 20.5 Å². The minimum absolute atomic E-state index is 0.0319. The van der Waals surface area contributed by atoms with Crippen LogP contribution in [0.4, 0.5) is 0 Å². The van der Waals surface area contributed by atoms with Gasteiger partial charge in [0, 0.05) is 13.3 Å². The molecule has 0 saturated carbocycles. The van der Waals surface area contributed by atoms with E-state index in [1.165, 1.54) is 6.92 Å². The Morgan fingerprint density at radius 2 is 2.18 bits per heavy atom. The second kappa shape index (κ2) is 8.53. The van der Waals surface area contributed by atoms with Crippen molar-refractivity contribution in [1.29, 1.82) is 5.41 Å². The first-order valence-electron chi connectivity index (χ1n) is 7.50. The summed E-state index contributed by atoms with van der Waals surface area (Å²) in [6.45, 7) is 5.79. The lowest BCUT2D eigenvalue weighted by Gasteiger charge is -2.37. The fraction of sp³-hybridized carbons (Fsp3) is 0.667. The van der Waals surface area contributed by atoms with Crippen LogP contribution in [0, 0.1) is 11.3 Å². The fourth-order valence-corrected chi connectivity index (χ4v) is 2.64. The SMILES string of the molecule is CCC(CC)O[C@@H]1CC(OC=O)=C[C@H](C(=N)N)[C@H]1NC(C)=O. The lowest BCUT2D eigenvalue weighted by atomic mass is 9.85. The van der Waals surface area contributed by atoms with E-state index in [1.807, 2.05) is 13.8 Å². The summed E-state index contributed by atoms with van der Waals surface area (Å²) < 4.78 is 11.0. The molecule has 1 aliphatic carbocycles. The Bertz CT molecular complexity index is 446. The van der Waals surface area contributed by atoms with Crippen molar-refractivity contribution in [2.75, 3.05) is 0 Å². The number of amidine groups is 1. The molecule has 0 unspecified atom stereocenters. The van der Waals surface area contributed by atoms with E-state index in [1.54, 1.807) is 6.08 Å². The second-order valence-corrected chi connectivity index (χ2v) is 5.37. The number of hydrogen-bond donors (Lipinski definition) is 3. The number of carbonyl (C=O) groups excluding carboxylic acids is 2. The fourth-order valence-electron chi connectivity index (χ4n) is 2.64. The molecule has 0 aromatic carbocycles. The van der Waals surface area contributed by atoms with Gasteiger partial charge in [0.15, 0.2) is 0 Å². The minimum Gasteiger partial charge on any atom is -0.434 e. The summed E-state index contributed by atoms with van der Waals surface area (Å²) in [6.07, 6.45) is 3.25. The summed E-state index contributed by atoms with van der Waals surface area (Å²) in [7, 11) is 0. The summed E-state index contributed by atoms with van der Waals surface area (Å²) in [5, 5.41) is 10.5. The first kappa shape index (κ1) is 18.2. The molecule has 0 saturated heterocycles. The van der Waals surface area contributed by atoms with Crippen molar-refractivity contribution < 1.29 is 19.1 Å². The molecule has 0 radical (unpaired) electrons.